The van der Waals surface area contributed by atoms with Gasteiger partial charge in [0.05, 0.1) is 11.4 Å². The fourth-order valence-corrected chi connectivity index (χ4v) is 4.38. The molecule has 1 aliphatic rings. The van der Waals surface area contributed by atoms with Crippen molar-refractivity contribution in [3.63, 3.8) is 0 Å². The number of rotatable bonds is 5. The van der Waals surface area contributed by atoms with Crippen molar-refractivity contribution in [1.29, 1.82) is 0 Å². The summed E-state index contributed by atoms with van der Waals surface area (Å²) in [6.45, 7) is 8.97. The van der Waals surface area contributed by atoms with Gasteiger partial charge >= 0.3 is 0 Å². The smallest absolute Gasteiger partial charge is 0.151 e. The van der Waals surface area contributed by atoms with Crippen molar-refractivity contribution < 1.29 is 5.11 Å². The lowest BCUT2D eigenvalue weighted by Crippen LogP contribution is -2.62. The normalized spacial score (nSPS) is 18.8. The van der Waals surface area contributed by atoms with Crippen LogP contribution in [-0.4, -0.2) is 45.7 Å². The standard InChI is InChI=1S/C23H32N6O/c1-22(2)14-17(15-23(3,4)28-22)29(5)21-10-9-19(26-27-21)18-8-7-16(13-20(18)30)25-12-6-11-24/h6-13,17,28,30H,14-15,24H2,1-5H3. The van der Waals surface area contributed by atoms with Gasteiger partial charge in [0.15, 0.2) is 5.82 Å². The van der Waals surface area contributed by atoms with E-state index in [4.69, 9.17) is 5.73 Å². The largest absolute Gasteiger partial charge is 0.507 e. The van der Waals surface area contributed by atoms with E-state index in [1.54, 1.807) is 24.4 Å². The number of nitrogens with two attached hydrogens (primary N) is 1. The van der Waals surface area contributed by atoms with E-state index in [2.05, 4.69) is 60.1 Å². The Bertz CT molecular complexity index is 917. The summed E-state index contributed by atoms with van der Waals surface area (Å²) in [4.78, 5) is 6.42. The van der Waals surface area contributed by atoms with Crippen LogP contribution in [-0.2, 0) is 0 Å². The fourth-order valence-electron chi connectivity index (χ4n) is 4.38. The van der Waals surface area contributed by atoms with E-state index >= 15 is 0 Å². The van der Waals surface area contributed by atoms with Gasteiger partial charge in [0.1, 0.15) is 5.75 Å². The number of anilines is 1. The first-order valence-electron chi connectivity index (χ1n) is 10.2. The molecule has 7 nitrogen and oxygen atoms in total. The van der Waals surface area contributed by atoms with Crippen LogP contribution in [0.2, 0.25) is 0 Å². The number of aromatic nitrogens is 2. The average molecular weight is 409 g/mol. The maximum absolute atomic E-state index is 10.4. The van der Waals surface area contributed by atoms with Gasteiger partial charge < -0.3 is 21.1 Å². The summed E-state index contributed by atoms with van der Waals surface area (Å²) in [7, 11) is 2.08. The Kier molecular flexibility index (Phi) is 6.12. The van der Waals surface area contributed by atoms with Gasteiger partial charge in [-0.1, -0.05) is 0 Å². The molecule has 1 aromatic carbocycles. The Balaban J connectivity index is 1.78. The van der Waals surface area contributed by atoms with Crippen molar-refractivity contribution in [2.45, 2.75) is 57.7 Å². The van der Waals surface area contributed by atoms with E-state index in [1.807, 2.05) is 18.2 Å². The molecule has 1 aliphatic heterocycles. The van der Waals surface area contributed by atoms with Crippen LogP contribution in [0.15, 0.2) is 47.6 Å². The molecule has 0 bridgehead atoms. The third-order valence-corrected chi connectivity index (χ3v) is 5.41. The Morgan fingerprint density at radius 1 is 1.13 bits per heavy atom. The monoisotopic (exact) mass is 408 g/mol. The molecule has 1 fully saturated rings. The molecule has 2 aromatic rings. The first-order valence-corrected chi connectivity index (χ1v) is 10.2. The van der Waals surface area contributed by atoms with Crippen LogP contribution in [0, 0.1) is 0 Å². The van der Waals surface area contributed by atoms with Crippen molar-refractivity contribution in [3.05, 3.63) is 42.6 Å². The second-order valence-electron chi connectivity index (χ2n) is 9.21. The number of benzene rings is 1. The lowest BCUT2D eigenvalue weighted by molar-refractivity contribution is 0.160. The molecule has 0 saturated carbocycles. The van der Waals surface area contributed by atoms with Crippen molar-refractivity contribution in [2.24, 2.45) is 10.7 Å². The quantitative estimate of drug-likeness (QED) is 0.651. The number of aliphatic imine (C=N–C) groups is 1. The second kappa shape index (κ2) is 8.44. The van der Waals surface area contributed by atoms with Crippen molar-refractivity contribution in [2.75, 3.05) is 11.9 Å². The van der Waals surface area contributed by atoms with Crippen molar-refractivity contribution in [1.82, 2.24) is 15.5 Å². The zero-order valence-electron chi connectivity index (χ0n) is 18.4. The van der Waals surface area contributed by atoms with E-state index in [-0.39, 0.29) is 16.8 Å². The SMILES string of the molecule is CN(c1ccc(-c2ccc(N=CC=CN)cc2O)nn1)C1CC(C)(C)NC(C)(C)C1. The second-order valence-corrected chi connectivity index (χ2v) is 9.21. The molecule has 0 spiro atoms. The third kappa shape index (κ3) is 5.16. The van der Waals surface area contributed by atoms with Gasteiger partial charge in [-0.25, -0.2) is 0 Å². The fraction of sp³-hybridized carbons (Fsp3) is 0.435. The highest BCUT2D eigenvalue weighted by atomic mass is 16.3. The number of phenols is 1. The zero-order valence-corrected chi connectivity index (χ0v) is 18.4. The molecule has 3 rings (SSSR count). The Labute approximate surface area is 178 Å². The molecule has 1 saturated heterocycles. The Morgan fingerprint density at radius 2 is 1.83 bits per heavy atom. The van der Waals surface area contributed by atoms with Gasteiger partial charge in [-0.3, -0.25) is 4.99 Å². The predicted molar refractivity (Wildman–Crippen MR) is 123 cm³/mol. The van der Waals surface area contributed by atoms with Gasteiger partial charge in [0.2, 0.25) is 0 Å². The van der Waals surface area contributed by atoms with Crippen molar-refractivity contribution >= 4 is 17.7 Å². The molecule has 4 N–H and O–H groups in total. The molecule has 0 aliphatic carbocycles. The minimum absolute atomic E-state index is 0.0595. The van der Waals surface area contributed by atoms with Crippen LogP contribution in [0.5, 0.6) is 5.75 Å². The highest BCUT2D eigenvalue weighted by Crippen LogP contribution is 2.34. The van der Waals surface area contributed by atoms with Gasteiger partial charge in [0, 0.05) is 42.0 Å². The van der Waals surface area contributed by atoms with Crippen LogP contribution in [0.4, 0.5) is 11.5 Å². The number of nitrogens with zero attached hydrogens (tertiary/aromatic N) is 4. The Morgan fingerprint density at radius 3 is 2.40 bits per heavy atom. The minimum atomic E-state index is 0.0595. The maximum Gasteiger partial charge on any atom is 0.151 e. The minimum Gasteiger partial charge on any atom is -0.507 e. The number of hydrogen-bond acceptors (Lipinski definition) is 7. The topological polar surface area (TPSA) is 99.7 Å². The van der Waals surface area contributed by atoms with E-state index in [0.717, 1.165) is 18.7 Å². The summed E-state index contributed by atoms with van der Waals surface area (Å²) < 4.78 is 0. The number of phenolic OH excluding ortho intramolecular Hbond substituents is 1. The van der Waals surface area contributed by atoms with E-state index < -0.39 is 0 Å². The van der Waals surface area contributed by atoms with Crippen LogP contribution in [0.3, 0.4) is 0 Å². The van der Waals surface area contributed by atoms with E-state index in [9.17, 15) is 5.11 Å². The van der Waals surface area contributed by atoms with Crippen LogP contribution >= 0.6 is 0 Å². The van der Waals surface area contributed by atoms with Crippen molar-refractivity contribution in [3.8, 4) is 17.0 Å². The van der Waals surface area contributed by atoms with E-state index in [0.29, 0.717) is 23.0 Å². The highest BCUT2D eigenvalue weighted by molar-refractivity contribution is 5.76. The summed E-state index contributed by atoms with van der Waals surface area (Å²) in [5, 5.41) is 22.9. The number of hydrogen-bond donors (Lipinski definition) is 3. The molecule has 0 amide bonds. The maximum atomic E-state index is 10.4. The molecule has 2 heterocycles. The zero-order chi connectivity index (χ0) is 21.9. The third-order valence-electron chi connectivity index (χ3n) is 5.41. The summed E-state index contributed by atoms with van der Waals surface area (Å²) in [6.07, 6.45) is 6.65. The van der Waals surface area contributed by atoms with Gasteiger partial charge in [-0.2, -0.15) is 0 Å². The van der Waals surface area contributed by atoms with Crippen LogP contribution < -0.4 is 16.0 Å². The van der Waals surface area contributed by atoms with E-state index in [1.165, 1.54) is 6.20 Å². The number of allylic oxidation sites excluding steroid dienone is 1. The number of nitrogens with one attached hydrogen (secondary N) is 1. The van der Waals surface area contributed by atoms with Crippen LogP contribution in [0.25, 0.3) is 11.3 Å². The molecule has 0 unspecified atom stereocenters. The molecule has 0 atom stereocenters. The summed E-state index contributed by atoms with van der Waals surface area (Å²) in [5.41, 5.74) is 7.28. The first-order chi connectivity index (χ1) is 14.1. The average Bonchev–Trinajstić information content (AvgIpc) is 2.65. The van der Waals surface area contributed by atoms with Crippen LogP contribution in [0.1, 0.15) is 40.5 Å². The lowest BCUT2D eigenvalue weighted by Gasteiger charge is -2.49. The summed E-state index contributed by atoms with van der Waals surface area (Å²) >= 11 is 0. The molecule has 30 heavy (non-hydrogen) atoms. The summed E-state index contributed by atoms with van der Waals surface area (Å²) in [5.74, 6) is 0.935. The molecular weight excluding hydrogens is 376 g/mol. The lowest BCUT2D eigenvalue weighted by atomic mass is 9.79. The Hall–Kier alpha value is -2.93. The first kappa shape index (κ1) is 21.8. The molecular formula is C23H32N6O. The van der Waals surface area contributed by atoms with Gasteiger partial charge in [-0.05, 0) is 77.1 Å². The predicted octanol–water partition coefficient (Wildman–Crippen LogP) is 3.77. The van der Waals surface area contributed by atoms with Gasteiger partial charge in [-0.15, -0.1) is 10.2 Å². The number of piperidine rings is 1. The molecule has 0 radical (unpaired) electrons. The highest BCUT2D eigenvalue weighted by Gasteiger charge is 2.39. The molecule has 1 aromatic heterocycles. The molecule has 160 valence electrons. The van der Waals surface area contributed by atoms with Gasteiger partial charge in [0.25, 0.3) is 0 Å². The molecule has 7 heteroatoms. The summed E-state index contributed by atoms with van der Waals surface area (Å²) in [6, 6.07) is 9.42. The number of aromatic hydroxyl groups is 1.